The van der Waals surface area contributed by atoms with Gasteiger partial charge in [-0.2, -0.15) is 0 Å². The highest BCUT2D eigenvalue weighted by Gasteiger charge is 2.14. The zero-order valence-electron chi connectivity index (χ0n) is 9.78. The van der Waals surface area contributed by atoms with Crippen LogP contribution in [0.25, 0.3) is 0 Å². The summed E-state index contributed by atoms with van der Waals surface area (Å²) < 4.78 is 26.6. The van der Waals surface area contributed by atoms with Crippen LogP contribution in [0.2, 0.25) is 0 Å². The maximum absolute atomic E-state index is 12.1. The van der Waals surface area contributed by atoms with Crippen molar-refractivity contribution in [1.82, 2.24) is 4.98 Å². The Labute approximate surface area is 116 Å². The number of aromatic nitrogens is 1. The summed E-state index contributed by atoms with van der Waals surface area (Å²) in [5, 5.41) is 0. The molecule has 0 amide bonds. The van der Waals surface area contributed by atoms with Gasteiger partial charge in [-0.1, -0.05) is 30.4 Å². The van der Waals surface area contributed by atoms with Crippen molar-refractivity contribution in [3.05, 3.63) is 54.4 Å². The second-order valence-electron chi connectivity index (χ2n) is 3.71. The normalized spacial score (nSPS) is 10.9. The molecular formula is C12H11N3O2S2. The van der Waals surface area contributed by atoms with Crippen LogP contribution in [0.5, 0.6) is 0 Å². The average Bonchev–Trinajstić information content (AvgIpc) is 2.39. The van der Waals surface area contributed by atoms with Crippen LogP contribution >= 0.6 is 12.2 Å². The van der Waals surface area contributed by atoms with E-state index in [1.807, 2.05) is 0 Å². The molecule has 0 spiro atoms. The fraction of sp³-hybridized carbons (Fsp3) is 0. The molecule has 1 heterocycles. The van der Waals surface area contributed by atoms with Gasteiger partial charge in [0, 0.05) is 11.9 Å². The highest BCUT2D eigenvalue weighted by atomic mass is 32.2. The SMILES string of the molecule is NC(=S)c1ccc(S(=O)(=O)Nc2ccccc2)cn1. The Hall–Kier alpha value is -1.99. The van der Waals surface area contributed by atoms with Crippen LogP contribution in [0.15, 0.2) is 53.6 Å². The van der Waals surface area contributed by atoms with E-state index in [-0.39, 0.29) is 9.88 Å². The summed E-state index contributed by atoms with van der Waals surface area (Å²) in [4.78, 5) is 4.08. The molecule has 0 fully saturated rings. The molecule has 0 saturated heterocycles. The summed E-state index contributed by atoms with van der Waals surface area (Å²) in [6, 6.07) is 11.5. The maximum atomic E-state index is 12.1. The topological polar surface area (TPSA) is 85.1 Å². The number of hydrogen-bond donors (Lipinski definition) is 2. The quantitative estimate of drug-likeness (QED) is 0.835. The third-order valence-electron chi connectivity index (χ3n) is 2.33. The molecule has 1 aromatic carbocycles. The van der Waals surface area contributed by atoms with Crippen molar-refractivity contribution < 1.29 is 8.42 Å². The summed E-state index contributed by atoms with van der Waals surface area (Å²) in [5.41, 5.74) is 6.27. The van der Waals surface area contributed by atoms with E-state index in [1.165, 1.54) is 18.3 Å². The highest BCUT2D eigenvalue weighted by Crippen LogP contribution is 2.14. The minimum atomic E-state index is -3.65. The monoisotopic (exact) mass is 293 g/mol. The predicted octanol–water partition coefficient (Wildman–Crippen LogP) is 1.52. The number of nitrogens with two attached hydrogens (primary N) is 1. The number of pyridine rings is 1. The van der Waals surface area contributed by atoms with Crippen molar-refractivity contribution >= 4 is 32.9 Å². The lowest BCUT2D eigenvalue weighted by atomic mass is 10.3. The summed E-state index contributed by atoms with van der Waals surface area (Å²) in [7, 11) is -3.65. The summed E-state index contributed by atoms with van der Waals surface area (Å²) in [6.07, 6.45) is 1.22. The number of anilines is 1. The van der Waals surface area contributed by atoms with E-state index in [1.54, 1.807) is 30.3 Å². The smallest absolute Gasteiger partial charge is 0.263 e. The molecule has 0 aliphatic heterocycles. The molecule has 1 aromatic heterocycles. The summed E-state index contributed by atoms with van der Waals surface area (Å²) >= 11 is 4.75. The van der Waals surface area contributed by atoms with Crippen LogP contribution in [0, 0.1) is 0 Å². The van der Waals surface area contributed by atoms with E-state index in [0.29, 0.717) is 11.4 Å². The van der Waals surface area contributed by atoms with Crippen molar-refractivity contribution in [3.8, 4) is 0 Å². The van der Waals surface area contributed by atoms with E-state index >= 15 is 0 Å². The van der Waals surface area contributed by atoms with Crippen LogP contribution in [-0.2, 0) is 10.0 Å². The second kappa shape index (κ2) is 5.33. The fourth-order valence-electron chi connectivity index (χ4n) is 1.41. The maximum Gasteiger partial charge on any atom is 0.263 e. The van der Waals surface area contributed by atoms with Gasteiger partial charge < -0.3 is 5.73 Å². The number of thiocarbonyl (C=S) groups is 1. The van der Waals surface area contributed by atoms with Crippen molar-refractivity contribution in [1.29, 1.82) is 0 Å². The molecule has 0 aliphatic rings. The van der Waals surface area contributed by atoms with Crippen molar-refractivity contribution in [3.63, 3.8) is 0 Å². The minimum Gasteiger partial charge on any atom is -0.388 e. The fourth-order valence-corrected chi connectivity index (χ4v) is 2.53. The Morgan fingerprint density at radius 3 is 2.37 bits per heavy atom. The molecule has 0 aliphatic carbocycles. The van der Waals surface area contributed by atoms with Crippen molar-refractivity contribution in [2.24, 2.45) is 5.73 Å². The molecule has 2 rings (SSSR count). The van der Waals surface area contributed by atoms with Crippen molar-refractivity contribution in [2.75, 3.05) is 4.72 Å². The lowest BCUT2D eigenvalue weighted by Crippen LogP contribution is -2.15. The summed E-state index contributed by atoms with van der Waals surface area (Å²) in [5.74, 6) is 0. The van der Waals surface area contributed by atoms with Gasteiger partial charge in [-0.05, 0) is 24.3 Å². The first-order chi connectivity index (χ1) is 8.99. The van der Waals surface area contributed by atoms with Crippen LogP contribution in [0.4, 0.5) is 5.69 Å². The molecule has 0 atom stereocenters. The Morgan fingerprint density at radius 2 is 1.84 bits per heavy atom. The van der Waals surface area contributed by atoms with E-state index < -0.39 is 10.0 Å². The number of sulfonamides is 1. The average molecular weight is 293 g/mol. The van der Waals surface area contributed by atoms with Gasteiger partial charge in [-0.15, -0.1) is 0 Å². The standard InChI is InChI=1S/C12H11N3O2S2/c13-12(18)11-7-6-10(8-14-11)19(16,17)15-9-4-2-1-3-5-9/h1-8,15H,(H2,13,18). The molecule has 7 heteroatoms. The number of rotatable bonds is 4. The van der Waals surface area contributed by atoms with Crippen molar-refractivity contribution in [2.45, 2.75) is 4.90 Å². The number of nitrogens with one attached hydrogen (secondary N) is 1. The van der Waals surface area contributed by atoms with Gasteiger partial charge in [0.25, 0.3) is 10.0 Å². The summed E-state index contributed by atoms with van der Waals surface area (Å²) in [6.45, 7) is 0. The molecule has 0 radical (unpaired) electrons. The van der Waals surface area contributed by atoms with Crippen LogP contribution < -0.4 is 10.5 Å². The Bertz CT molecular complexity index is 683. The molecule has 2 aromatic rings. The molecule has 19 heavy (non-hydrogen) atoms. The highest BCUT2D eigenvalue weighted by molar-refractivity contribution is 7.92. The number of benzene rings is 1. The van der Waals surface area contributed by atoms with E-state index in [4.69, 9.17) is 18.0 Å². The largest absolute Gasteiger partial charge is 0.388 e. The van der Waals surface area contributed by atoms with Gasteiger partial charge in [0.2, 0.25) is 0 Å². The first-order valence-electron chi connectivity index (χ1n) is 5.33. The minimum absolute atomic E-state index is 0.0522. The first kappa shape index (κ1) is 13.4. The molecule has 0 saturated carbocycles. The van der Waals surface area contributed by atoms with Crippen LogP contribution in [0.1, 0.15) is 5.69 Å². The van der Waals surface area contributed by atoms with Gasteiger partial charge in [-0.3, -0.25) is 9.71 Å². The zero-order valence-corrected chi connectivity index (χ0v) is 11.4. The van der Waals surface area contributed by atoms with Gasteiger partial charge in [0.15, 0.2) is 0 Å². The third-order valence-corrected chi connectivity index (χ3v) is 3.90. The number of hydrogen-bond acceptors (Lipinski definition) is 4. The third kappa shape index (κ3) is 3.27. The van der Waals surface area contributed by atoms with Gasteiger partial charge >= 0.3 is 0 Å². The molecular weight excluding hydrogens is 282 g/mol. The molecule has 0 unspecified atom stereocenters. The lowest BCUT2D eigenvalue weighted by molar-refractivity contribution is 0.601. The molecule has 98 valence electrons. The van der Waals surface area contributed by atoms with E-state index in [9.17, 15) is 8.42 Å². The van der Waals surface area contributed by atoms with E-state index in [2.05, 4.69) is 9.71 Å². The van der Waals surface area contributed by atoms with Gasteiger partial charge in [-0.25, -0.2) is 8.42 Å². The second-order valence-corrected chi connectivity index (χ2v) is 5.84. The van der Waals surface area contributed by atoms with Gasteiger partial charge in [0.05, 0.1) is 5.69 Å². The number of nitrogens with zero attached hydrogens (tertiary/aromatic N) is 1. The first-order valence-corrected chi connectivity index (χ1v) is 7.22. The van der Waals surface area contributed by atoms with Gasteiger partial charge in [0.1, 0.15) is 9.88 Å². The van der Waals surface area contributed by atoms with E-state index in [0.717, 1.165) is 0 Å². The van der Waals surface area contributed by atoms with Crippen LogP contribution in [0.3, 0.4) is 0 Å². The zero-order chi connectivity index (χ0) is 13.9. The Morgan fingerprint density at radius 1 is 1.16 bits per heavy atom. The Kier molecular flexibility index (Phi) is 3.77. The Balaban J connectivity index is 2.27. The molecule has 3 N–H and O–H groups in total. The van der Waals surface area contributed by atoms with Crippen LogP contribution in [-0.4, -0.2) is 18.4 Å². The number of para-hydroxylation sites is 1. The molecule has 0 bridgehead atoms. The lowest BCUT2D eigenvalue weighted by Gasteiger charge is -2.07. The molecule has 5 nitrogen and oxygen atoms in total. The predicted molar refractivity (Wildman–Crippen MR) is 77.4 cm³/mol.